The van der Waals surface area contributed by atoms with Crippen LogP contribution < -0.4 is 0 Å². The number of benzene rings is 1. The van der Waals surface area contributed by atoms with E-state index in [9.17, 15) is 9.50 Å². The van der Waals surface area contributed by atoms with Crippen LogP contribution >= 0.6 is 0 Å². The highest BCUT2D eigenvalue weighted by molar-refractivity contribution is 5.26. The van der Waals surface area contributed by atoms with E-state index >= 15 is 0 Å². The molecule has 0 aliphatic heterocycles. The molecule has 0 amide bonds. The van der Waals surface area contributed by atoms with Gasteiger partial charge in [0.2, 0.25) is 0 Å². The lowest BCUT2D eigenvalue weighted by Gasteiger charge is -2.26. The minimum absolute atomic E-state index is 0.283. The molecule has 2 rings (SSSR count). The Morgan fingerprint density at radius 1 is 1.33 bits per heavy atom. The minimum atomic E-state index is -0.922. The van der Waals surface area contributed by atoms with Crippen LogP contribution in [-0.2, 0) is 6.54 Å². The molecule has 0 aliphatic carbocycles. The zero-order valence-electron chi connectivity index (χ0n) is 12.8. The maximum Gasteiger partial charge on any atom is 0.148 e. The first-order valence-corrected chi connectivity index (χ1v) is 6.80. The summed E-state index contributed by atoms with van der Waals surface area (Å²) in [7, 11) is 3.72. The summed E-state index contributed by atoms with van der Waals surface area (Å²) in [5.74, 6) is 0.321. The quantitative estimate of drug-likeness (QED) is 0.913. The van der Waals surface area contributed by atoms with Gasteiger partial charge in [-0.2, -0.15) is 5.10 Å². The normalized spacial score (nSPS) is 13.7. The third-order valence-corrected chi connectivity index (χ3v) is 3.14. The molecule has 21 heavy (non-hydrogen) atoms. The molecule has 1 heterocycles. The number of rotatable bonds is 5. The van der Waals surface area contributed by atoms with Crippen molar-refractivity contribution >= 4 is 0 Å². The van der Waals surface area contributed by atoms with Crippen LogP contribution in [0.5, 0.6) is 0 Å². The van der Waals surface area contributed by atoms with E-state index in [0.29, 0.717) is 17.9 Å². The number of hydrogen-bond acceptors (Lipinski definition) is 4. The molecule has 0 unspecified atom stereocenters. The van der Waals surface area contributed by atoms with Gasteiger partial charge in [0, 0.05) is 5.56 Å². The zero-order valence-corrected chi connectivity index (χ0v) is 12.8. The Labute approximate surface area is 124 Å². The Morgan fingerprint density at radius 3 is 2.57 bits per heavy atom. The zero-order chi connectivity index (χ0) is 15.6. The summed E-state index contributed by atoms with van der Waals surface area (Å²) in [6.07, 6.45) is 1.43. The van der Waals surface area contributed by atoms with E-state index in [1.165, 1.54) is 12.4 Å². The van der Waals surface area contributed by atoms with E-state index in [0.717, 1.165) is 0 Å². The summed E-state index contributed by atoms with van der Waals surface area (Å²) < 4.78 is 15.8. The van der Waals surface area contributed by atoms with Crippen LogP contribution in [0.1, 0.15) is 31.3 Å². The average molecular weight is 292 g/mol. The van der Waals surface area contributed by atoms with Crippen LogP contribution in [0.3, 0.4) is 0 Å². The standard InChI is InChI=1S/C15H21FN4O/c1-15(2,21)9-20-14(17-10-18-20)13(19(3)4)11-7-5-6-8-12(11)16/h5-8,10,13,21H,9H2,1-4H3/t13-/m0/s1. The molecule has 114 valence electrons. The summed E-state index contributed by atoms with van der Waals surface area (Å²) in [5, 5.41) is 14.1. The number of nitrogens with zero attached hydrogens (tertiary/aromatic N) is 4. The van der Waals surface area contributed by atoms with Crippen LogP contribution in [0.15, 0.2) is 30.6 Å². The lowest BCUT2D eigenvalue weighted by Crippen LogP contribution is -2.31. The molecule has 1 aromatic carbocycles. The topological polar surface area (TPSA) is 54.2 Å². The molecule has 1 N–H and O–H groups in total. The Balaban J connectivity index is 2.46. The van der Waals surface area contributed by atoms with Crippen molar-refractivity contribution in [3.63, 3.8) is 0 Å². The van der Waals surface area contributed by atoms with Crippen LogP contribution in [0, 0.1) is 5.82 Å². The van der Waals surface area contributed by atoms with Gasteiger partial charge in [0.05, 0.1) is 18.2 Å². The Kier molecular flexibility index (Phi) is 4.39. The van der Waals surface area contributed by atoms with Crippen molar-refractivity contribution in [3.05, 3.63) is 47.8 Å². The van der Waals surface area contributed by atoms with E-state index in [1.807, 2.05) is 19.0 Å². The molecule has 1 atom stereocenters. The lowest BCUT2D eigenvalue weighted by atomic mass is 10.0. The largest absolute Gasteiger partial charge is 0.389 e. The maximum atomic E-state index is 14.1. The molecular formula is C15H21FN4O. The van der Waals surface area contributed by atoms with Gasteiger partial charge in [-0.3, -0.25) is 4.90 Å². The van der Waals surface area contributed by atoms with E-state index in [1.54, 1.807) is 36.7 Å². The van der Waals surface area contributed by atoms with Crippen molar-refractivity contribution in [2.24, 2.45) is 0 Å². The van der Waals surface area contributed by atoms with Crippen molar-refractivity contribution in [2.45, 2.75) is 32.0 Å². The second-order valence-corrected chi connectivity index (χ2v) is 5.98. The molecule has 2 aromatic rings. The van der Waals surface area contributed by atoms with Crippen LogP contribution in [0.25, 0.3) is 0 Å². The minimum Gasteiger partial charge on any atom is -0.389 e. The highest BCUT2D eigenvalue weighted by atomic mass is 19.1. The number of aliphatic hydroxyl groups is 1. The highest BCUT2D eigenvalue weighted by Gasteiger charge is 2.26. The SMILES string of the molecule is CN(C)[C@@H](c1ccccc1F)c1ncnn1CC(C)(C)O. The third-order valence-electron chi connectivity index (χ3n) is 3.14. The van der Waals surface area contributed by atoms with Crippen molar-refractivity contribution in [1.29, 1.82) is 0 Å². The van der Waals surface area contributed by atoms with Gasteiger partial charge in [-0.1, -0.05) is 18.2 Å². The molecule has 1 aromatic heterocycles. The average Bonchev–Trinajstić information content (AvgIpc) is 2.77. The van der Waals surface area contributed by atoms with Gasteiger partial charge in [0.15, 0.2) is 0 Å². The van der Waals surface area contributed by atoms with Crippen molar-refractivity contribution < 1.29 is 9.50 Å². The fourth-order valence-electron chi connectivity index (χ4n) is 2.32. The number of aromatic nitrogens is 3. The van der Waals surface area contributed by atoms with Crippen molar-refractivity contribution in [2.75, 3.05) is 14.1 Å². The Hall–Kier alpha value is -1.79. The first-order valence-electron chi connectivity index (χ1n) is 6.80. The van der Waals surface area contributed by atoms with Crippen LogP contribution in [0.4, 0.5) is 4.39 Å². The molecule has 0 bridgehead atoms. The molecule has 0 saturated carbocycles. The van der Waals surface area contributed by atoms with Gasteiger partial charge < -0.3 is 5.11 Å². The molecule has 0 spiro atoms. The summed E-state index contributed by atoms with van der Waals surface area (Å²) >= 11 is 0. The van der Waals surface area contributed by atoms with Gasteiger partial charge in [-0.15, -0.1) is 0 Å². The predicted octanol–water partition coefficient (Wildman–Crippen LogP) is 1.84. The third kappa shape index (κ3) is 3.65. The molecule has 0 aliphatic rings. The highest BCUT2D eigenvalue weighted by Crippen LogP contribution is 2.27. The van der Waals surface area contributed by atoms with Crippen molar-refractivity contribution in [1.82, 2.24) is 19.7 Å². The van der Waals surface area contributed by atoms with Crippen LogP contribution in [-0.4, -0.2) is 44.5 Å². The number of hydrogen-bond donors (Lipinski definition) is 1. The Morgan fingerprint density at radius 2 is 2.00 bits per heavy atom. The van der Waals surface area contributed by atoms with Gasteiger partial charge in [0.1, 0.15) is 18.0 Å². The molecule has 0 saturated heterocycles. The number of halogens is 1. The van der Waals surface area contributed by atoms with Crippen LogP contribution in [0.2, 0.25) is 0 Å². The maximum absolute atomic E-state index is 14.1. The van der Waals surface area contributed by atoms with E-state index in [4.69, 9.17) is 0 Å². The van der Waals surface area contributed by atoms with E-state index < -0.39 is 5.60 Å². The fourth-order valence-corrected chi connectivity index (χ4v) is 2.32. The monoisotopic (exact) mass is 292 g/mol. The molecule has 5 nitrogen and oxygen atoms in total. The summed E-state index contributed by atoms with van der Waals surface area (Å²) in [6.45, 7) is 3.69. The van der Waals surface area contributed by atoms with Gasteiger partial charge in [-0.05, 0) is 34.0 Å². The van der Waals surface area contributed by atoms with Gasteiger partial charge in [-0.25, -0.2) is 14.1 Å². The molecule has 0 radical (unpaired) electrons. The lowest BCUT2D eigenvalue weighted by molar-refractivity contribution is 0.0554. The molecular weight excluding hydrogens is 271 g/mol. The summed E-state index contributed by atoms with van der Waals surface area (Å²) in [5.41, 5.74) is -0.387. The second-order valence-electron chi connectivity index (χ2n) is 5.98. The van der Waals surface area contributed by atoms with Gasteiger partial charge in [0.25, 0.3) is 0 Å². The molecule has 0 fully saturated rings. The summed E-state index contributed by atoms with van der Waals surface area (Å²) in [4.78, 5) is 6.15. The molecule has 6 heteroatoms. The van der Waals surface area contributed by atoms with Crippen molar-refractivity contribution in [3.8, 4) is 0 Å². The van der Waals surface area contributed by atoms with Gasteiger partial charge >= 0.3 is 0 Å². The predicted molar refractivity (Wildman–Crippen MR) is 78.2 cm³/mol. The first-order chi connectivity index (χ1) is 9.79. The smallest absolute Gasteiger partial charge is 0.148 e. The fraction of sp³-hybridized carbons (Fsp3) is 0.467. The second kappa shape index (κ2) is 5.91. The Bertz CT molecular complexity index is 604. The first kappa shape index (κ1) is 15.6. The summed E-state index contributed by atoms with van der Waals surface area (Å²) in [6, 6.07) is 6.26. The van der Waals surface area contributed by atoms with E-state index in [2.05, 4.69) is 10.1 Å². The van der Waals surface area contributed by atoms with E-state index in [-0.39, 0.29) is 11.9 Å².